The number of carbonyl (C=O) groups is 2. The van der Waals surface area contributed by atoms with Gasteiger partial charge in [0.1, 0.15) is 0 Å². The van der Waals surface area contributed by atoms with E-state index in [9.17, 15) is 9.59 Å². The zero-order valence-corrected chi connectivity index (χ0v) is 8.64. The molecule has 0 saturated carbocycles. The van der Waals surface area contributed by atoms with Gasteiger partial charge in [0, 0.05) is 6.54 Å². The van der Waals surface area contributed by atoms with Crippen molar-refractivity contribution in [3.05, 3.63) is 0 Å². The molecule has 0 rings (SSSR count). The van der Waals surface area contributed by atoms with Gasteiger partial charge in [-0.1, -0.05) is 0 Å². The molecule has 5 nitrogen and oxygen atoms in total. The molecule has 0 spiro atoms. The van der Waals surface area contributed by atoms with Crippen LogP contribution < -0.4 is 5.73 Å². The predicted octanol–water partition coefficient (Wildman–Crippen LogP) is -0.281. The van der Waals surface area contributed by atoms with Crippen LogP contribution in [0.25, 0.3) is 0 Å². The van der Waals surface area contributed by atoms with Crippen molar-refractivity contribution < 1.29 is 19.1 Å². The normalized spacial score (nSPS) is 9.85. The van der Waals surface area contributed by atoms with Crippen molar-refractivity contribution in [2.24, 2.45) is 11.1 Å². The number of esters is 2. The van der Waals surface area contributed by atoms with E-state index in [1.807, 2.05) is 0 Å². The lowest BCUT2D eigenvalue weighted by atomic mass is 9.91. The number of ether oxygens (including phenoxy) is 2. The van der Waals surface area contributed by atoms with E-state index in [1.54, 1.807) is 0 Å². The fraction of sp³-hybridized carbons (Fsp3) is 0.714. The smallest absolute Gasteiger partial charge is 0.324 e. The largest absolute Gasteiger partial charge is 0.468 e. The van der Waals surface area contributed by atoms with Crippen molar-refractivity contribution in [1.29, 1.82) is 0 Å². The van der Waals surface area contributed by atoms with E-state index in [4.69, 9.17) is 5.73 Å². The van der Waals surface area contributed by atoms with E-state index >= 15 is 0 Å². The zero-order valence-electron chi connectivity index (χ0n) is 7.83. The molecule has 0 fully saturated rings. The zero-order chi connectivity index (χ0) is 9.78. The van der Waals surface area contributed by atoms with Crippen LogP contribution in [-0.4, -0.2) is 32.7 Å². The van der Waals surface area contributed by atoms with Crippen molar-refractivity contribution in [3.8, 4) is 0 Å². The van der Waals surface area contributed by atoms with Crippen molar-refractivity contribution in [2.45, 2.75) is 6.92 Å². The Kier molecular flexibility index (Phi) is 6.53. The standard InChI is InChI=1S/C7H13NO4.ClH/c1-7(4-8,5(9)11-2)6(10)12-3;/h4,8H2,1-3H3;1H. The van der Waals surface area contributed by atoms with Gasteiger partial charge in [-0.25, -0.2) is 0 Å². The highest BCUT2D eigenvalue weighted by molar-refractivity contribution is 5.99. The van der Waals surface area contributed by atoms with Crippen LogP contribution in [0.5, 0.6) is 0 Å². The minimum absolute atomic E-state index is 0. The van der Waals surface area contributed by atoms with Gasteiger partial charge in [0.05, 0.1) is 14.2 Å². The van der Waals surface area contributed by atoms with Crippen LogP contribution in [0.4, 0.5) is 0 Å². The fourth-order valence-electron chi connectivity index (χ4n) is 0.701. The highest BCUT2D eigenvalue weighted by Gasteiger charge is 2.42. The van der Waals surface area contributed by atoms with Crippen LogP contribution in [0, 0.1) is 5.41 Å². The summed E-state index contributed by atoms with van der Waals surface area (Å²) in [4.78, 5) is 22.1. The molecule has 0 heterocycles. The van der Waals surface area contributed by atoms with Crippen molar-refractivity contribution in [1.82, 2.24) is 0 Å². The van der Waals surface area contributed by atoms with Gasteiger partial charge >= 0.3 is 11.9 Å². The summed E-state index contributed by atoms with van der Waals surface area (Å²) in [5.41, 5.74) is 3.87. The van der Waals surface area contributed by atoms with Crippen LogP contribution in [-0.2, 0) is 19.1 Å². The first-order valence-electron chi connectivity index (χ1n) is 3.39. The molecule has 0 aliphatic rings. The number of hydrogen-bond donors (Lipinski definition) is 1. The molecule has 13 heavy (non-hydrogen) atoms. The summed E-state index contributed by atoms with van der Waals surface area (Å²) in [6.45, 7) is 1.25. The third-order valence-corrected chi connectivity index (χ3v) is 1.68. The SMILES string of the molecule is COC(=O)C(C)(CN)C(=O)OC.Cl. The Labute approximate surface area is 83.0 Å². The summed E-state index contributed by atoms with van der Waals surface area (Å²) in [6.07, 6.45) is 0. The first kappa shape index (κ1) is 14.7. The molecule has 0 atom stereocenters. The molecule has 78 valence electrons. The molecule has 0 aromatic carbocycles. The molecule has 0 aromatic heterocycles. The second-order valence-corrected chi connectivity index (χ2v) is 2.52. The first-order chi connectivity index (χ1) is 5.52. The maximum atomic E-state index is 11.1. The second-order valence-electron chi connectivity index (χ2n) is 2.52. The molecule has 0 saturated heterocycles. The highest BCUT2D eigenvalue weighted by Crippen LogP contribution is 2.17. The summed E-state index contributed by atoms with van der Waals surface area (Å²) >= 11 is 0. The van der Waals surface area contributed by atoms with Crippen molar-refractivity contribution in [3.63, 3.8) is 0 Å². The lowest BCUT2D eigenvalue weighted by Crippen LogP contribution is -2.44. The van der Waals surface area contributed by atoms with E-state index < -0.39 is 17.4 Å². The second kappa shape index (κ2) is 5.77. The number of hydrogen-bond acceptors (Lipinski definition) is 5. The average molecular weight is 212 g/mol. The molecule has 0 unspecified atom stereocenters. The van der Waals surface area contributed by atoms with Crippen LogP contribution in [0.1, 0.15) is 6.92 Å². The Balaban J connectivity index is 0. The summed E-state index contributed by atoms with van der Waals surface area (Å²) in [5, 5.41) is 0. The van der Waals surface area contributed by atoms with Crippen LogP contribution in [0.2, 0.25) is 0 Å². The van der Waals surface area contributed by atoms with Gasteiger partial charge in [0.25, 0.3) is 0 Å². The molecule has 6 heteroatoms. The van der Waals surface area contributed by atoms with Crippen molar-refractivity contribution in [2.75, 3.05) is 20.8 Å². The van der Waals surface area contributed by atoms with Crippen LogP contribution in [0.3, 0.4) is 0 Å². The third-order valence-electron chi connectivity index (χ3n) is 1.68. The van der Waals surface area contributed by atoms with Gasteiger partial charge in [0.15, 0.2) is 5.41 Å². The number of rotatable bonds is 3. The van der Waals surface area contributed by atoms with Gasteiger partial charge in [-0.3, -0.25) is 9.59 Å². The monoisotopic (exact) mass is 211 g/mol. The fourth-order valence-corrected chi connectivity index (χ4v) is 0.701. The number of carbonyl (C=O) groups excluding carboxylic acids is 2. The van der Waals surface area contributed by atoms with Crippen LogP contribution in [0.15, 0.2) is 0 Å². The van der Waals surface area contributed by atoms with E-state index in [0.29, 0.717) is 0 Å². The van der Waals surface area contributed by atoms with Crippen molar-refractivity contribution >= 4 is 24.3 Å². The van der Waals surface area contributed by atoms with Gasteiger partial charge in [-0.15, -0.1) is 12.4 Å². The van der Waals surface area contributed by atoms with E-state index in [1.165, 1.54) is 21.1 Å². The maximum absolute atomic E-state index is 11.1. The summed E-state index contributed by atoms with van der Waals surface area (Å²) in [6, 6.07) is 0. The number of halogens is 1. The third kappa shape index (κ3) is 2.86. The Morgan fingerprint density at radius 2 is 1.54 bits per heavy atom. The Morgan fingerprint density at radius 3 is 1.69 bits per heavy atom. The molecular weight excluding hydrogens is 198 g/mol. The van der Waals surface area contributed by atoms with Gasteiger partial charge in [-0.05, 0) is 6.92 Å². The average Bonchev–Trinajstić information content (AvgIpc) is 2.13. The van der Waals surface area contributed by atoms with Gasteiger partial charge < -0.3 is 15.2 Å². The maximum Gasteiger partial charge on any atom is 0.324 e. The Morgan fingerprint density at radius 1 is 1.23 bits per heavy atom. The highest BCUT2D eigenvalue weighted by atomic mass is 35.5. The topological polar surface area (TPSA) is 78.6 Å². The Bertz CT molecular complexity index is 179. The van der Waals surface area contributed by atoms with Gasteiger partial charge in [-0.2, -0.15) is 0 Å². The molecule has 0 aliphatic heterocycles. The lowest BCUT2D eigenvalue weighted by molar-refractivity contribution is -0.166. The minimum Gasteiger partial charge on any atom is -0.468 e. The lowest BCUT2D eigenvalue weighted by Gasteiger charge is -2.20. The predicted molar refractivity (Wildman–Crippen MR) is 48.4 cm³/mol. The first-order valence-corrected chi connectivity index (χ1v) is 3.39. The van der Waals surface area contributed by atoms with E-state index in [0.717, 1.165) is 0 Å². The van der Waals surface area contributed by atoms with E-state index in [-0.39, 0.29) is 19.0 Å². The quantitative estimate of drug-likeness (QED) is 0.513. The summed E-state index contributed by atoms with van der Waals surface area (Å²) < 4.78 is 8.82. The molecular formula is C7H14ClNO4. The van der Waals surface area contributed by atoms with E-state index in [2.05, 4.69) is 9.47 Å². The van der Waals surface area contributed by atoms with Crippen LogP contribution >= 0.6 is 12.4 Å². The molecule has 0 aliphatic carbocycles. The molecule has 0 amide bonds. The summed E-state index contributed by atoms with van der Waals surface area (Å²) in [5.74, 6) is -1.37. The molecule has 2 N–H and O–H groups in total. The van der Waals surface area contributed by atoms with Gasteiger partial charge in [0.2, 0.25) is 0 Å². The minimum atomic E-state index is -1.39. The molecule has 0 radical (unpaired) electrons. The number of nitrogens with two attached hydrogens (primary N) is 1. The Hall–Kier alpha value is -0.810. The number of methoxy groups -OCH3 is 2. The molecule has 0 aromatic rings. The summed E-state index contributed by atoms with van der Waals surface area (Å²) in [7, 11) is 2.39. The molecule has 0 bridgehead atoms.